The van der Waals surface area contributed by atoms with Gasteiger partial charge >= 0.3 is 0 Å². The summed E-state index contributed by atoms with van der Waals surface area (Å²) >= 11 is 0. The Balaban J connectivity index is 1.70. The van der Waals surface area contributed by atoms with Crippen molar-refractivity contribution in [2.45, 2.75) is 51.1 Å². The lowest BCUT2D eigenvalue weighted by molar-refractivity contribution is 0.222. The van der Waals surface area contributed by atoms with Crippen LogP contribution in [0.4, 0.5) is 0 Å². The predicted molar refractivity (Wildman–Crippen MR) is 52.1 cm³/mol. The van der Waals surface area contributed by atoms with E-state index in [4.69, 9.17) is 5.26 Å². The highest BCUT2D eigenvalue weighted by molar-refractivity contribution is 4.95. The molecule has 2 nitrogen and oxygen atoms in total. The number of nitriles is 1. The summed E-state index contributed by atoms with van der Waals surface area (Å²) in [6, 6.07) is 3.77. The molecule has 2 aliphatic carbocycles. The van der Waals surface area contributed by atoms with Crippen LogP contribution in [0, 0.1) is 23.2 Å². The Morgan fingerprint density at radius 2 is 1.92 bits per heavy atom. The third-order valence-corrected chi connectivity index (χ3v) is 3.46. The van der Waals surface area contributed by atoms with Crippen molar-refractivity contribution in [3.63, 3.8) is 0 Å². The summed E-state index contributed by atoms with van der Waals surface area (Å²) in [5.41, 5.74) is 0. The lowest BCUT2D eigenvalue weighted by atomic mass is 9.81. The standard InChI is InChI=1S/C11H18N2/c1-8-4-11(5-8)13-10-3-2-9(6-10)7-12/h8-11,13H,2-6H2,1H3. The maximum Gasteiger partial charge on any atom is 0.0656 e. The molecular formula is C11H18N2. The average Bonchev–Trinajstić information content (AvgIpc) is 2.50. The van der Waals surface area contributed by atoms with Crippen LogP contribution >= 0.6 is 0 Å². The summed E-state index contributed by atoms with van der Waals surface area (Å²) < 4.78 is 0. The molecule has 0 saturated heterocycles. The second-order valence-electron chi connectivity index (χ2n) is 4.78. The van der Waals surface area contributed by atoms with Crippen molar-refractivity contribution in [3.05, 3.63) is 0 Å². The summed E-state index contributed by atoms with van der Waals surface area (Å²) in [5.74, 6) is 1.25. The molecule has 2 atom stereocenters. The number of nitrogens with one attached hydrogen (secondary N) is 1. The van der Waals surface area contributed by atoms with Crippen LogP contribution in [0.5, 0.6) is 0 Å². The molecular weight excluding hydrogens is 160 g/mol. The van der Waals surface area contributed by atoms with Crippen molar-refractivity contribution >= 4 is 0 Å². The largest absolute Gasteiger partial charge is 0.311 e. The van der Waals surface area contributed by atoms with Crippen molar-refractivity contribution in [1.29, 1.82) is 5.26 Å². The molecule has 2 heteroatoms. The van der Waals surface area contributed by atoms with Gasteiger partial charge in [-0.1, -0.05) is 6.92 Å². The van der Waals surface area contributed by atoms with Crippen LogP contribution < -0.4 is 5.32 Å². The van der Waals surface area contributed by atoms with E-state index in [-0.39, 0.29) is 0 Å². The van der Waals surface area contributed by atoms with Crippen LogP contribution in [-0.2, 0) is 0 Å². The van der Waals surface area contributed by atoms with Crippen molar-refractivity contribution in [1.82, 2.24) is 5.32 Å². The number of hydrogen-bond acceptors (Lipinski definition) is 2. The molecule has 2 fully saturated rings. The van der Waals surface area contributed by atoms with Gasteiger partial charge in [-0.2, -0.15) is 5.26 Å². The molecule has 72 valence electrons. The van der Waals surface area contributed by atoms with E-state index in [9.17, 15) is 0 Å². The zero-order chi connectivity index (χ0) is 9.26. The van der Waals surface area contributed by atoms with Crippen molar-refractivity contribution in [2.24, 2.45) is 11.8 Å². The van der Waals surface area contributed by atoms with E-state index in [2.05, 4.69) is 18.3 Å². The van der Waals surface area contributed by atoms with Gasteiger partial charge in [-0.25, -0.2) is 0 Å². The molecule has 0 aliphatic heterocycles. The molecule has 0 bridgehead atoms. The predicted octanol–water partition coefficient (Wildman–Crippen LogP) is 2.07. The minimum absolute atomic E-state index is 0.329. The van der Waals surface area contributed by atoms with Gasteiger partial charge in [-0.05, 0) is 38.0 Å². The Kier molecular flexibility index (Phi) is 2.55. The first kappa shape index (κ1) is 9.02. The van der Waals surface area contributed by atoms with Crippen molar-refractivity contribution < 1.29 is 0 Å². The van der Waals surface area contributed by atoms with Crippen LogP contribution in [0.1, 0.15) is 39.0 Å². The molecule has 0 aromatic carbocycles. The Hall–Kier alpha value is -0.550. The summed E-state index contributed by atoms with van der Waals surface area (Å²) in [6.07, 6.45) is 6.09. The SMILES string of the molecule is CC1CC(NC2CCC(C#N)C2)C1. The topological polar surface area (TPSA) is 35.8 Å². The van der Waals surface area contributed by atoms with Crippen LogP contribution in [0.25, 0.3) is 0 Å². The summed E-state index contributed by atoms with van der Waals surface area (Å²) in [5, 5.41) is 12.4. The van der Waals surface area contributed by atoms with Gasteiger partial charge in [0.2, 0.25) is 0 Å². The Bertz CT molecular complexity index is 213. The van der Waals surface area contributed by atoms with Crippen LogP contribution in [0.3, 0.4) is 0 Å². The van der Waals surface area contributed by atoms with Gasteiger partial charge in [0.05, 0.1) is 6.07 Å². The van der Waals surface area contributed by atoms with E-state index in [1.807, 2.05) is 0 Å². The van der Waals surface area contributed by atoms with Gasteiger partial charge in [-0.15, -0.1) is 0 Å². The van der Waals surface area contributed by atoms with E-state index < -0.39 is 0 Å². The average molecular weight is 178 g/mol. The maximum atomic E-state index is 8.75. The first-order chi connectivity index (χ1) is 6.28. The second-order valence-corrected chi connectivity index (χ2v) is 4.78. The fourth-order valence-electron chi connectivity index (χ4n) is 2.62. The molecule has 0 aromatic rings. The van der Waals surface area contributed by atoms with Crippen molar-refractivity contribution in [2.75, 3.05) is 0 Å². The minimum atomic E-state index is 0.329. The molecule has 0 radical (unpaired) electrons. The van der Waals surface area contributed by atoms with E-state index in [0.717, 1.165) is 24.8 Å². The van der Waals surface area contributed by atoms with E-state index >= 15 is 0 Å². The quantitative estimate of drug-likeness (QED) is 0.702. The third kappa shape index (κ3) is 2.03. The normalized spacial score (nSPS) is 44.0. The third-order valence-electron chi connectivity index (χ3n) is 3.46. The Morgan fingerprint density at radius 1 is 1.15 bits per heavy atom. The summed E-state index contributed by atoms with van der Waals surface area (Å²) in [7, 11) is 0. The first-order valence-corrected chi connectivity index (χ1v) is 5.43. The molecule has 2 rings (SSSR count). The fraction of sp³-hybridized carbons (Fsp3) is 0.909. The lowest BCUT2D eigenvalue weighted by Crippen LogP contribution is -2.44. The maximum absolute atomic E-state index is 8.75. The molecule has 0 aromatic heterocycles. The van der Waals surface area contributed by atoms with Gasteiger partial charge in [0, 0.05) is 18.0 Å². The van der Waals surface area contributed by atoms with Crippen LogP contribution in [0.15, 0.2) is 0 Å². The minimum Gasteiger partial charge on any atom is -0.311 e. The van der Waals surface area contributed by atoms with Crippen LogP contribution in [-0.4, -0.2) is 12.1 Å². The Labute approximate surface area is 80.3 Å². The zero-order valence-electron chi connectivity index (χ0n) is 8.29. The number of nitrogens with zero attached hydrogens (tertiary/aromatic N) is 1. The first-order valence-electron chi connectivity index (χ1n) is 5.43. The van der Waals surface area contributed by atoms with E-state index in [1.165, 1.54) is 19.3 Å². The number of rotatable bonds is 2. The molecule has 0 heterocycles. The molecule has 2 aliphatic rings. The van der Waals surface area contributed by atoms with Crippen molar-refractivity contribution in [3.8, 4) is 6.07 Å². The molecule has 13 heavy (non-hydrogen) atoms. The number of hydrogen-bond donors (Lipinski definition) is 1. The molecule has 2 unspecified atom stereocenters. The van der Waals surface area contributed by atoms with Gasteiger partial charge in [0.15, 0.2) is 0 Å². The van der Waals surface area contributed by atoms with Gasteiger partial charge in [-0.3, -0.25) is 0 Å². The van der Waals surface area contributed by atoms with Gasteiger partial charge in [0.25, 0.3) is 0 Å². The van der Waals surface area contributed by atoms with E-state index in [1.54, 1.807) is 0 Å². The molecule has 0 amide bonds. The van der Waals surface area contributed by atoms with Gasteiger partial charge in [0.1, 0.15) is 0 Å². The highest BCUT2D eigenvalue weighted by Gasteiger charge is 2.30. The highest BCUT2D eigenvalue weighted by atomic mass is 15.0. The Morgan fingerprint density at radius 3 is 2.46 bits per heavy atom. The lowest BCUT2D eigenvalue weighted by Gasteiger charge is -2.35. The zero-order valence-corrected chi connectivity index (χ0v) is 8.29. The summed E-state index contributed by atoms with van der Waals surface area (Å²) in [6.45, 7) is 2.31. The molecule has 1 N–H and O–H groups in total. The van der Waals surface area contributed by atoms with Crippen LogP contribution in [0.2, 0.25) is 0 Å². The van der Waals surface area contributed by atoms with E-state index in [0.29, 0.717) is 12.0 Å². The summed E-state index contributed by atoms with van der Waals surface area (Å²) in [4.78, 5) is 0. The fourth-order valence-corrected chi connectivity index (χ4v) is 2.62. The molecule has 0 spiro atoms. The van der Waals surface area contributed by atoms with Gasteiger partial charge < -0.3 is 5.32 Å². The smallest absolute Gasteiger partial charge is 0.0656 e. The highest BCUT2D eigenvalue weighted by Crippen LogP contribution is 2.30. The molecule has 2 saturated carbocycles. The monoisotopic (exact) mass is 178 g/mol. The second kappa shape index (κ2) is 3.67.